The summed E-state index contributed by atoms with van der Waals surface area (Å²) in [5.74, 6) is -2.00. The first kappa shape index (κ1) is 14.7. The Bertz CT molecular complexity index is 505. The summed E-state index contributed by atoms with van der Waals surface area (Å²) >= 11 is 0. The minimum atomic E-state index is -1.04. The zero-order chi connectivity index (χ0) is 14.6. The summed E-state index contributed by atoms with van der Waals surface area (Å²) in [5, 5.41) is 11.3. The number of aliphatic carboxylic acids is 1. The van der Waals surface area contributed by atoms with Crippen LogP contribution in [0.4, 0.5) is 0 Å². The monoisotopic (exact) mass is 267 g/mol. The molecule has 1 aromatic heterocycles. The van der Waals surface area contributed by atoms with Crippen molar-refractivity contribution in [3.8, 4) is 0 Å². The van der Waals surface area contributed by atoms with Crippen LogP contribution in [0.2, 0.25) is 0 Å². The van der Waals surface area contributed by atoms with Gasteiger partial charge in [0.2, 0.25) is 5.91 Å². The molecule has 0 spiro atoms. The van der Waals surface area contributed by atoms with E-state index < -0.39 is 23.2 Å². The Morgan fingerprint density at radius 1 is 1.42 bits per heavy atom. The van der Waals surface area contributed by atoms with Crippen molar-refractivity contribution in [2.24, 2.45) is 11.1 Å². The van der Waals surface area contributed by atoms with Crippen LogP contribution >= 0.6 is 0 Å². The lowest BCUT2D eigenvalue weighted by Gasteiger charge is -2.20. The second kappa shape index (κ2) is 5.55. The van der Waals surface area contributed by atoms with Gasteiger partial charge in [0.15, 0.2) is 0 Å². The van der Waals surface area contributed by atoms with E-state index in [0.29, 0.717) is 0 Å². The largest absolute Gasteiger partial charge is 0.480 e. The molecule has 0 aromatic carbocycles. The Balaban J connectivity index is 2.72. The van der Waals surface area contributed by atoms with E-state index in [1.165, 1.54) is 16.8 Å². The summed E-state index contributed by atoms with van der Waals surface area (Å²) in [7, 11) is 0. The van der Waals surface area contributed by atoms with E-state index in [9.17, 15) is 14.4 Å². The van der Waals surface area contributed by atoms with Gasteiger partial charge in [0.05, 0.1) is 5.41 Å². The van der Waals surface area contributed by atoms with Crippen molar-refractivity contribution in [3.05, 3.63) is 24.0 Å². The predicted molar refractivity (Wildman–Crippen MR) is 67.4 cm³/mol. The molecular weight excluding hydrogens is 250 g/mol. The number of amides is 2. The number of carbonyl (C=O) groups excluding carboxylic acids is 2. The number of nitrogens with zero attached hydrogens (tertiary/aromatic N) is 1. The van der Waals surface area contributed by atoms with E-state index in [2.05, 4.69) is 5.32 Å². The molecule has 0 bridgehead atoms. The van der Waals surface area contributed by atoms with Crippen LogP contribution in [0.15, 0.2) is 18.3 Å². The van der Waals surface area contributed by atoms with E-state index in [4.69, 9.17) is 10.8 Å². The Morgan fingerprint density at radius 3 is 2.58 bits per heavy atom. The fourth-order valence-corrected chi connectivity index (χ4v) is 1.38. The van der Waals surface area contributed by atoms with Gasteiger partial charge in [0.25, 0.3) is 5.91 Å². The van der Waals surface area contributed by atoms with Crippen LogP contribution < -0.4 is 11.1 Å². The molecule has 2 amide bonds. The maximum Gasteiger partial charge on any atom is 0.323 e. The normalized spacial score (nSPS) is 11.1. The molecule has 7 nitrogen and oxygen atoms in total. The number of carboxylic acid groups (broad SMARTS) is 1. The second-order valence-corrected chi connectivity index (χ2v) is 4.85. The molecule has 0 atom stereocenters. The Morgan fingerprint density at radius 2 is 2.05 bits per heavy atom. The van der Waals surface area contributed by atoms with E-state index in [0.717, 1.165) is 0 Å². The van der Waals surface area contributed by atoms with Crippen molar-refractivity contribution in [1.29, 1.82) is 0 Å². The zero-order valence-electron chi connectivity index (χ0n) is 10.8. The average molecular weight is 267 g/mol. The van der Waals surface area contributed by atoms with Gasteiger partial charge in [-0.1, -0.05) is 0 Å². The zero-order valence-corrected chi connectivity index (χ0v) is 10.8. The van der Waals surface area contributed by atoms with Crippen LogP contribution in [0.5, 0.6) is 0 Å². The maximum absolute atomic E-state index is 11.9. The van der Waals surface area contributed by atoms with Gasteiger partial charge in [0, 0.05) is 12.7 Å². The molecule has 0 aliphatic carbocycles. The van der Waals surface area contributed by atoms with Gasteiger partial charge in [-0.3, -0.25) is 14.4 Å². The standard InChI is InChI=1S/C12H17N3O4/c1-12(2,11(13)19)7-14-10(18)8-4-3-5-15(8)6-9(16)17/h3-5H,6-7H2,1-2H3,(H2,13,19)(H,14,18)(H,16,17). The average Bonchev–Trinajstić information content (AvgIpc) is 2.73. The van der Waals surface area contributed by atoms with Crippen molar-refractivity contribution in [3.63, 3.8) is 0 Å². The Kier molecular flexibility index (Phi) is 4.31. The molecule has 19 heavy (non-hydrogen) atoms. The molecule has 7 heteroatoms. The highest BCUT2D eigenvalue weighted by molar-refractivity contribution is 5.93. The van der Waals surface area contributed by atoms with Crippen LogP contribution in [0.1, 0.15) is 24.3 Å². The van der Waals surface area contributed by atoms with Gasteiger partial charge < -0.3 is 20.7 Å². The number of primary amides is 1. The third kappa shape index (κ3) is 3.84. The van der Waals surface area contributed by atoms with Gasteiger partial charge in [-0.15, -0.1) is 0 Å². The van der Waals surface area contributed by atoms with E-state index in [-0.39, 0.29) is 18.8 Å². The van der Waals surface area contributed by atoms with E-state index in [1.807, 2.05) is 0 Å². The highest BCUT2D eigenvalue weighted by atomic mass is 16.4. The van der Waals surface area contributed by atoms with Gasteiger partial charge >= 0.3 is 5.97 Å². The minimum absolute atomic E-state index is 0.0828. The molecule has 0 aliphatic heterocycles. The number of carboxylic acids is 1. The fourth-order valence-electron chi connectivity index (χ4n) is 1.38. The van der Waals surface area contributed by atoms with Gasteiger partial charge in [-0.2, -0.15) is 0 Å². The summed E-state index contributed by atoms with van der Waals surface area (Å²) < 4.78 is 1.31. The lowest BCUT2D eigenvalue weighted by Crippen LogP contribution is -2.42. The molecule has 1 rings (SSSR count). The van der Waals surface area contributed by atoms with Gasteiger partial charge in [0.1, 0.15) is 12.2 Å². The fraction of sp³-hybridized carbons (Fsp3) is 0.417. The molecule has 104 valence electrons. The van der Waals surface area contributed by atoms with E-state index in [1.54, 1.807) is 19.9 Å². The van der Waals surface area contributed by atoms with Crippen LogP contribution in [-0.2, 0) is 16.1 Å². The van der Waals surface area contributed by atoms with Crippen molar-refractivity contribution < 1.29 is 19.5 Å². The number of aromatic nitrogens is 1. The first-order valence-electron chi connectivity index (χ1n) is 5.69. The number of rotatable bonds is 6. The molecule has 0 aliphatic rings. The summed E-state index contributed by atoms with van der Waals surface area (Å²) in [6, 6.07) is 3.09. The lowest BCUT2D eigenvalue weighted by molar-refractivity contribution is -0.137. The molecular formula is C12H17N3O4. The maximum atomic E-state index is 11.9. The predicted octanol–water partition coefficient (Wildman–Crippen LogP) is -0.186. The molecule has 1 heterocycles. The molecule has 0 radical (unpaired) electrons. The molecule has 0 saturated carbocycles. The van der Waals surface area contributed by atoms with Gasteiger partial charge in [-0.25, -0.2) is 0 Å². The molecule has 0 fully saturated rings. The highest BCUT2D eigenvalue weighted by Gasteiger charge is 2.26. The van der Waals surface area contributed by atoms with Crippen molar-refractivity contribution in [1.82, 2.24) is 9.88 Å². The third-order valence-electron chi connectivity index (χ3n) is 2.73. The number of nitrogens with one attached hydrogen (secondary N) is 1. The smallest absolute Gasteiger partial charge is 0.323 e. The number of hydrogen-bond donors (Lipinski definition) is 3. The van der Waals surface area contributed by atoms with Crippen LogP contribution in [0, 0.1) is 5.41 Å². The van der Waals surface area contributed by atoms with Gasteiger partial charge in [-0.05, 0) is 26.0 Å². The third-order valence-corrected chi connectivity index (χ3v) is 2.73. The Labute approximate surface area is 110 Å². The minimum Gasteiger partial charge on any atom is -0.480 e. The van der Waals surface area contributed by atoms with Crippen LogP contribution in [0.3, 0.4) is 0 Å². The molecule has 4 N–H and O–H groups in total. The van der Waals surface area contributed by atoms with Crippen molar-refractivity contribution >= 4 is 17.8 Å². The topological polar surface area (TPSA) is 114 Å². The first-order valence-corrected chi connectivity index (χ1v) is 5.69. The van der Waals surface area contributed by atoms with Crippen LogP contribution in [0.25, 0.3) is 0 Å². The van der Waals surface area contributed by atoms with Crippen molar-refractivity contribution in [2.45, 2.75) is 20.4 Å². The highest BCUT2D eigenvalue weighted by Crippen LogP contribution is 2.12. The summed E-state index contributed by atoms with van der Waals surface area (Å²) in [4.78, 5) is 33.7. The summed E-state index contributed by atoms with van der Waals surface area (Å²) in [6.45, 7) is 3.02. The summed E-state index contributed by atoms with van der Waals surface area (Å²) in [5.41, 5.74) is 4.56. The number of carbonyl (C=O) groups is 3. The Hall–Kier alpha value is -2.31. The quantitative estimate of drug-likeness (QED) is 0.662. The van der Waals surface area contributed by atoms with Crippen molar-refractivity contribution in [2.75, 3.05) is 6.54 Å². The molecule has 1 aromatic rings. The lowest BCUT2D eigenvalue weighted by atomic mass is 9.93. The van der Waals surface area contributed by atoms with Crippen LogP contribution in [-0.4, -0.2) is 34.0 Å². The second-order valence-electron chi connectivity index (χ2n) is 4.85. The first-order chi connectivity index (χ1) is 8.74. The van der Waals surface area contributed by atoms with E-state index >= 15 is 0 Å². The number of hydrogen-bond acceptors (Lipinski definition) is 3. The number of nitrogens with two attached hydrogens (primary N) is 1. The summed E-state index contributed by atoms with van der Waals surface area (Å²) in [6.07, 6.45) is 1.50. The SMILES string of the molecule is CC(C)(CNC(=O)c1cccn1CC(=O)O)C(N)=O. The molecule has 0 saturated heterocycles. The molecule has 0 unspecified atom stereocenters.